The van der Waals surface area contributed by atoms with E-state index in [1.54, 1.807) is 0 Å². The van der Waals surface area contributed by atoms with E-state index < -0.39 is 0 Å². The Kier molecular flexibility index (Phi) is 8.75. The van der Waals surface area contributed by atoms with Gasteiger partial charge < -0.3 is 4.90 Å². The van der Waals surface area contributed by atoms with E-state index in [-0.39, 0.29) is 16.2 Å². The van der Waals surface area contributed by atoms with Gasteiger partial charge in [-0.3, -0.25) is 0 Å². The standard InChI is InChI=1S/C61H53N/c1-59(2)33-34-60(3,4)57-37-48(27-32-55(57)59)52-38-53-51-17-11-12-18-54(51)61(5,6)56(53)39-58(52)62(49-28-23-42(24-29-49)46-21-19-40-13-7-9-15-44(40)35-46)50-30-25-43(26-31-50)47-22-20-41-14-8-10-16-45(41)36-47/h7-32,35-39H,33-34H2,1-6H3. The summed E-state index contributed by atoms with van der Waals surface area (Å²) >= 11 is 0. The molecular weight excluding hydrogens is 747 g/mol. The molecule has 0 saturated heterocycles. The lowest BCUT2D eigenvalue weighted by Gasteiger charge is -2.42. The van der Waals surface area contributed by atoms with Crippen LogP contribution in [0.3, 0.4) is 0 Å². The Morgan fingerprint density at radius 3 is 1.39 bits per heavy atom. The van der Waals surface area contributed by atoms with E-state index in [9.17, 15) is 0 Å². The van der Waals surface area contributed by atoms with Gasteiger partial charge >= 0.3 is 0 Å². The highest BCUT2D eigenvalue weighted by molar-refractivity contribution is 5.96. The second-order valence-corrected chi connectivity index (χ2v) is 19.7. The molecule has 2 aliphatic rings. The second kappa shape index (κ2) is 14.2. The molecule has 1 nitrogen and oxygen atoms in total. The Morgan fingerprint density at radius 1 is 0.323 bits per heavy atom. The van der Waals surface area contributed by atoms with Crippen LogP contribution >= 0.6 is 0 Å². The number of hydrogen-bond acceptors (Lipinski definition) is 1. The van der Waals surface area contributed by atoms with Crippen LogP contribution in [0.15, 0.2) is 188 Å². The number of rotatable bonds is 6. The second-order valence-electron chi connectivity index (χ2n) is 19.7. The normalized spacial score (nSPS) is 15.5. The summed E-state index contributed by atoms with van der Waals surface area (Å²) in [6.45, 7) is 14.5. The monoisotopic (exact) mass is 799 g/mol. The lowest BCUT2D eigenvalue weighted by Crippen LogP contribution is -2.33. The summed E-state index contributed by atoms with van der Waals surface area (Å²) in [6, 6.07) is 70.7. The van der Waals surface area contributed by atoms with Crippen LogP contribution in [0.25, 0.3) is 66.1 Å². The molecule has 0 heterocycles. The van der Waals surface area contributed by atoms with Gasteiger partial charge in [0, 0.05) is 22.4 Å². The molecule has 0 saturated carbocycles. The number of fused-ring (bicyclic) bond motifs is 6. The molecule has 0 unspecified atom stereocenters. The van der Waals surface area contributed by atoms with E-state index in [1.165, 1.54) is 107 Å². The zero-order valence-electron chi connectivity index (χ0n) is 36.8. The van der Waals surface area contributed by atoms with Crippen molar-refractivity contribution in [3.8, 4) is 44.5 Å². The third-order valence-electron chi connectivity index (χ3n) is 14.5. The van der Waals surface area contributed by atoms with Crippen LogP contribution in [0.2, 0.25) is 0 Å². The Labute approximate surface area is 367 Å². The van der Waals surface area contributed by atoms with Crippen LogP contribution in [-0.2, 0) is 16.2 Å². The minimum Gasteiger partial charge on any atom is -0.310 e. The molecule has 0 bridgehead atoms. The third-order valence-corrected chi connectivity index (χ3v) is 14.5. The molecule has 0 aromatic heterocycles. The highest BCUT2D eigenvalue weighted by Gasteiger charge is 2.39. The van der Waals surface area contributed by atoms with Crippen molar-refractivity contribution in [1.29, 1.82) is 0 Å². The van der Waals surface area contributed by atoms with Crippen LogP contribution in [0.5, 0.6) is 0 Å². The van der Waals surface area contributed by atoms with Crippen LogP contribution in [-0.4, -0.2) is 0 Å². The van der Waals surface area contributed by atoms with Gasteiger partial charge in [0.1, 0.15) is 0 Å². The van der Waals surface area contributed by atoms with Crippen LogP contribution < -0.4 is 4.90 Å². The lowest BCUT2D eigenvalue weighted by molar-refractivity contribution is 0.332. The molecule has 0 atom stereocenters. The van der Waals surface area contributed by atoms with Crippen molar-refractivity contribution < 1.29 is 0 Å². The average Bonchev–Trinajstić information content (AvgIpc) is 3.52. The van der Waals surface area contributed by atoms with E-state index >= 15 is 0 Å². The van der Waals surface area contributed by atoms with Gasteiger partial charge in [0.25, 0.3) is 0 Å². The summed E-state index contributed by atoms with van der Waals surface area (Å²) < 4.78 is 0. The van der Waals surface area contributed by atoms with Gasteiger partial charge in [-0.2, -0.15) is 0 Å². The molecule has 11 rings (SSSR count). The molecular formula is C61H53N. The van der Waals surface area contributed by atoms with Crippen molar-refractivity contribution in [2.24, 2.45) is 0 Å². The minimum absolute atomic E-state index is 0.0865. The summed E-state index contributed by atoms with van der Waals surface area (Å²) in [4.78, 5) is 2.51. The first kappa shape index (κ1) is 38.2. The van der Waals surface area contributed by atoms with Gasteiger partial charge in [0.15, 0.2) is 0 Å². The molecule has 0 aliphatic heterocycles. The lowest BCUT2D eigenvalue weighted by atomic mass is 9.63. The van der Waals surface area contributed by atoms with Gasteiger partial charge in [-0.25, -0.2) is 0 Å². The molecule has 0 N–H and O–H groups in total. The largest absolute Gasteiger partial charge is 0.310 e. The predicted octanol–water partition coefficient (Wildman–Crippen LogP) is 17.1. The van der Waals surface area contributed by atoms with Crippen LogP contribution in [0.1, 0.15) is 76.6 Å². The number of anilines is 3. The minimum atomic E-state index is -0.160. The first-order valence-corrected chi connectivity index (χ1v) is 22.4. The molecule has 302 valence electrons. The van der Waals surface area contributed by atoms with E-state index in [0.717, 1.165) is 11.4 Å². The summed E-state index contributed by atoms with van der Waals surface area (Å²) in [5, 5.41) is 5.03. The predicted molar refractivity (Wildman–Crippen MR) is 265 cm³/mol. The summed E-state index contributed by atoms with van der Waals surface area (Å²) in [5.74, 6) is 0. The SMILES string of the molecule is CC1(C)CCC(C)(C)c2cc(-c3cc4c(cc3N(c3ccc(-c5ccc6ccccc6c5)cc3)c3ccc(-c5ccc6ccccc6c5)cc3)C(C)(C)c3ccccc3-4)ccc21. The summed E-state index contributed by atoms with van der Waals surface area (Å²) in [5.41, 5.74) is 19.3. The van der Waals surface area contributed by atoms with Crippen molar-refractivity contribution in [2.45, 2.75) is 70.6 Å². The Bertz CT molecular complexity index is 3070. The molecule has 62 heavy (non-hydrogen) atoms. The van der Waals surface area contributed by atoms with Crippen molar-refractivity contribution in [1.82, 2.24) is 0 Å². The third kappa shape index (κ3) is 6.29. The molecule has 2 aliphatic carbocycles. The van der Waals surface area contributed by atoms with Gasteiger partial charge in [-0.15, -0.1) is 0 Å². The molecule has 0 fully saturated rings. The maximum atomic E-state index is 2.54. The Hall–Kier alpha value is -6.70. The summed E-state index contributed by atoms with van der Waals surface area (Å²) in [6.07, 6.45) is 2.37. The van der Waals surface area contributed by atoms with Crippen molar-refractivity contribution in [3.63, 3.8) is 0 Å². The smallest absolute Gasteiger partial charge is 0.0543 e. The topological polar surface area (TPSA) is 3.24 Å². The maximum absolute atomic E-state index is 2.54. The summed E-state index contributed by atoms with van der Waals surface area (Å²) in [7, 11) is 0. The van der Waals surface area contributed by atoms with Gasteiger partial charge in [-0.1, -0.05) is 181 Å². The fraction of sp³-hybridized carbons (Fsp3) is 0.180. The molecule has 0 spiro atoms. The zero-order valence-corrected chi connectivity index (χ0v) is 36.8. The number of hydrogen-bond donors (Lipinski definition) is 0. The van der Waals surface area contributed by atoms with E-state index in [4.69, 9.17) is 0 Å². The fourth-order valence-electron chi connectivity index (χ4n) is 10.7. The highest BCUT2D eigenvalue weighted by atomic mass is 15.1. The molecule has 0 amide bonds. The Balaban J connectivity index is 1.12. The molecule has 9 aromatic carbocycles. The van der Waals surface area contributed by atoms with E-state index in [0.29, 0.717) is 0 Å². The average molecular weight is 800 g/mol. The van der Waals surface area contributed by atoms with Gasteiger partial charge in [-0.05, 0) is 155 Å². The van der Waals surface area contributed by atoms with Crippen LogP contribution in [0, 0.1) is 0 Å². The Morgan fingerprint density at radius 2 is 0.806 bits per heavy atom. The van der Waals surface area contributed by atoms with Crippen molar-refractivity contribution in [2.75, 3.05) is 4.90 Å². The number of benzene rings is 9. The zero-order chi connectivity index (χ0) is 42.4. The van der Waals surface area contributed by atoms with Gasteiger partial charge in [0.2, 0.25) is 0 Å². The molecule has 1 heteroatoms. The highest BCUT2D eigenvalue weighted by Crippen LogP contribution is 2.55. The first-order chi connectivity index (χ1) is 29.9. The quantitative estimate of drug-likeness (QED) is 0.162. The maximum Gasteiger partial charge on any atom is 0.0543 e. The fourth-order valence-corrected chi connectivity index (χ4v) is 10.7. The first-order valence-electron chi connectivity index (χ1n) is 22.4. The van der Waals surface area contributed by atoms with Gasteiger partial charge in [0.05, 0.1) is 5.69 Å². The van der Waals surface area contributed by atoms with Crippen LogP contribution in [0.4, 0.5) is 17.1 Å². The van der Waals surface area contributed by atoms with Crippen molar-refractivity contribution in [3.05, 3.63) is 210 Å². The van der Waals surface area contributed by atoms with E-state index in [1.807, 2.05) is 0 Å². The van der Waals surface area contributed by atoms with E-state index in [2.05, 4.69) is 234 Å². The molecule has 9 aromatic rings. The molecule has 0 radical (unpaired) electrons. The van der Waals surface area contributed by atoms with Crippen molar-refractivity contribution >= 4 is 38.6 Å². The number of nitrogens with zero attached hydrogens (tertiary/aromatic N) is 1.